The van der Waals surface area contributed by atoms with E-state index in [1.165, 1.54) is 6.07 Å². The van der Waals surface area contributed by atoms with Crippen LogP contribution in [0.25, 0.3) is 0 Å². The lowest BCUT2D eigenvalue weighted by molar-refractivity contribution is -0.124. The second-order valence-electron chi connectivity index (χ2n) is 5.00. The van der Waals surface area contributed by atoms with E-state index in [9.17, 15) is 14.0 Å². The molecular formula is C15H22FN3O2. The van der Waals surface area contributed by atoms with Crippen molar-refractivity contribution < 1.29 is 14.0 Å². The fraction of sp³-hybridized carbons (Fsp3) is 0.467. The first-order valence-corrected chi connectivity index (χ1v) is 6.89. The molecule has 2 N–H and O–H groups in total. The highest BCUT2D eigenvalue weighted by atomic mass is 19.1. The number of halogens is 1. The van der Waals surface area contributed by atoms with E-state index in [0.717, 1.165) is 0 Å². The van der Waals surface area contributed by atoms with E-state index >= 15 is 0 Å². The van der Waals surface area contributed by atoms with Crippen LogP contribution in [0.1, 0.15) is 19.4 Å². The van der Waals surface area contributed by atoms with Gasteiger partial charge < -0.3 is 10.6 Å². The van der Waals surface area contributed by atoms with E-state index in [1.54, 1.807) is 37.9 Å². The number of benzene rings is 1. The largest absolute Gasteiger partial charge is 0.355 e. The molecule has 2 amide bonds. The average Bonchev–Trinajstić information content (AvgIpc) is 2.42. The molecule has 0 aliphatic rings. The minimum absolute atomic E-state index is 0.130. The minimum Gasteiger partial charge on any atom is -0.355 e. The molecule has 1 rings (SSSR count). The molecule has 5 nitrogen and oxygen atoms in total. The number of carbonyl (C=O) groups excluding carboxylic acids is 2. The molecule has 1 aromatic carbocycles. The number of aryl methyl sites for hydroxylation is 1. The molecular weight excluding hydrogens is 273 g/mol. The van der Waals surface area contributed by atoms with Crippen LogP contribution in [0, 0.1) is 12.7 Å². The highest BCUT2D eigenvalue weighted by molar-refractivity contribution is 5.94. The molecule has 0 aliphatic heterocycles. The second kappa shape index (κ2) is 7.73. The highest BCUT2D eigenvalue weighted by Crippen LogP contribution is 2.14. The fourth-order valence-corrected chi connectivity index (χ4v) is 1.73. The molecule has 0 bridgehead atoms. The highest BCUT2D eigenvalue weighted by Gasteiger charge is 2.20. The lowest BCUT2D eigenvalue weighted by Crippen LogP contribution is -2.44. The molecule has 0 saturated heterocycles. The van der Waals surface area contributed by atoms with Gasteiger partial charge >= 0.3 is 0 Å². The maximum absolute atomic E-state index is 13.4. The predicted molar refractivity (Wildman–Crippen MR) is 80.5 cm³/mol. The van der Waals surface area contributed by atoms with Gasteiger partial charge in [0.1, 0.15) is 5.82 Å². The van der Waals surface area contributed by atoms with Crippen molar-refractivity contribution in [2.24, 2.45) is 0 Å². The number of likely N-dealkylation sites (N-methyl/N-ethyl adjacent to an activating group) is 2. The number of nitrogens with zero attached hydrogens (tertiary/aromatic N) is 1. The van der Waals surface area contributed by atoms with Crippen LogP contribution in [0.5, 0.6) is 0 Å². The van der Waals surface area contributed by atoms with Gasteiger partial charge in [-0.1, -0.05) is 6.07 Å². The molecule has 0 spiro atoms. The van der Waals surface area contributed by atoms with Gasteiger partial charge in [-0.2, -0.15) is 0 Å². The van der Waals surface area contributed by atoms with E-state index in [4.69, 9.17) is 0 Å². The molecule has 1 atom stereocenters. The summed E-state index contributed by atoms with van der Waals surface area (Å²) in [5.74, 6) is -0.790. The summed E-state index contributed by atoms with van der Waals surface area (Å²) in [4.78, 5) is 25.2. The molecule has 1 unspecified atom stereocenters. The van der Waals surface area contributed by atoms with Crippen molar-refractivity contribution >= 4 is 17.5 Å². The van der Waals surface area contributed by atoms with Gasteiger partial charge in [0.05, 0.1) is 12.6 Å². The first kappa shape index (κ1) is 17.1. The first-order chi connectivity index (χ1) is 9.85. The minimum atomic E-state index is -0.503. The van der Waals surface area contributed by atoms with Crippen LogP contribution in [0.2, 0.25) is 0 Å². The summed E-state index contributed by atoms with van der Waals surface area (Å²) in [6, 6.07) is 4.03. The summed E-state index contributed by atoms with van der Waals surface area (Å²) in [7, 11) is 1.69. The van der Waals surface area contributed by atoms with E-state index in [-0.39, 0.29) is 24.2 Å². The van der Waals surface area contributed by atoms with E-state index < -0.39 is 6.04 Å². The summed E-state index contributed by atoms with van der Waals surface area (Å²) in [5, 5.41) is 5.32. The van der Waals surface area contributed by atoms with Crippen molar-refractivity contribution in [2.45, 2.75) is 26.8 Å². The number of rotatable bonds is 6. The van der Waals surface area contributed by atoms with Gasteiger partial charge in [-0.15, -0.1) is 0 Å². The van der Waals surface area contributed by atoms with Gasteiger partial charge in [-0.05, 0) is 45.5 Å². The molecule has 0 aromatic heterocycles. The predicted octanol–water partition coefficient (Wildman–Crippen LogP) is 1.53. The second-order valence-corrected chi connectivity index (χ2v) is 5.00. The zero-order valence-corrected chi connectivity index (χ0v) is 12.9. The number of carbonyl (C=O) groups is 2. The molecule has 6 heteroatoms. The quantitative estimate of drug-likeness (QED) is 0.836. The Balaban J connectivity index is 2.61. The van der Waals surface area contributed by atoms with Crippen LogP contribution >= 0.6 is 0 Å². The standard InChI is InChI=1S/C15H22FN3O2/c1-5-17-14(20)9-19(4)11(3)15(21)18-12-7-6-10(2)13(16)8-12/h6-8,11H,5,9H2,1-4H3,(H,17,20)(H,18,21). The van der Waals surface area contributed by atoms with Crippen molar-refractivity contribution in [1.29, 1.82) is 0 Å². The zero-order valence-electron chi connectivity index (χ0n) is 12.9. The molecule has 0 fully saturated rings. The lowest BCUT2D eigenvalue weighted by atomic mass is 10.2. The normalized spacial score (nSPS) is 12.1. The van der Waals surface area contributed by atoms with Gasteiger partial charge in [-0.25, -0.2) is 4.39 Å². The van der Waals surface area contributed by atoms with Crippen molar-refractivity contribution in [3.63, 3.8) is 0 Å². The number of nitrogens with one attached hydrogen (secondary N) is 2. The van der Waals surface area contributed by atoms with Crippen LogP contribution in [-0.4, -0.2) is 42.9 Å². The van der Waals surface area contributed by atoms with Crippen LogP contribution in [0.3, 0.4) is 0 Å². The Kier molecular flexibility index (Phi) is 6.30. The van der Waals surface area contributed by atoms with Gasteiger partial charge in [-0.3, -0.25) is 14.5 Å². The number of amides is 2. The monoisotopic (exact) mass is 295 g/mol. The van der Waals surface area contributed by atoms with Gasteiger partial charge in [0.15, 0.2) is 0 Å². The van der Waals surface area contributed by atoms with E-state index in [2.05, 4.69) is 10.6 Å². The van der Waals surface area contributed by atoms with Gasteiger partial charge in [0.2, 0.25) is 11.8 Å². The smallest absolute Gasteiger partial charge is 0.241 e. The van der Waals surface area contributed by atoms with Crippen LogP contribution < -0.4 is 10.6 Å². The summed E-state index contributed by atoms with van der Waals surface area (Å²) in [6.07, 6.45) is 0. The number of hydrogen-bond acceptors (Lipinski definition) is 3. The summed E-state index contributed by atoms with van der Waals surface area (Å²) in [6.45, 7) is 5.86. The molecule has 0 aliphatic carbocycles. The van der Waals surface area contributed by atoms with E-state index in [0.29, 0.717) is 17.8 Å². The van der Waals surface area contributed by atoms with Gasteiger partial charge in [0, 0.05) is 12.2 Å². The topological polar surface area (TPSA) is 61.4 Å². The Morgan fingerprint density at radius 3 is 2.62 bits per heavy atom. The maximum Gasteiger partial charge on any atom is 0.241 e. The first-order valence-electron chi connectivity index (χ1n) is 6.89. The number of hydrogen-bond donors (Lipinski definition) is 2. The third-order valence-corrected chi connectivity index (χ3v) is 3.25. The maximum atomic E-state index is 13.4. The SMILES string of the molecule is CCNC(=O)CN(C)C(C)C(=O)Nc1ccc(C)c(F)c1. The van der Waals surface area contributed by atoms with Crippen molar-refractivity contribution in [3.8, 4) is 0 Å². The molecule has 0 radical (unpaired) electrons. The van der Waals surface area contributed by atoms with Crippen molar-refractivity contribution in [1.82, 2.24) is 10.2 Å². The van der Waals surface area contributed by atoms with Crippen molar-refractivity contribution in [2.75, 3.05) is 25.5 Å². The molecule has 116 valence electrons. The van der Waals surface area contributed by atoms with Crippen LogP contribution in [-0.2, 0) is 9.59 Å². The summed E-state index contributed by atoms with van der Waals surface area (Å²) < 4.78 is 13.4. The van der Waals surface area contributed by atoms with Crippen LogP contribution in [0.15, 0.2) is 18.2 Å². The van der Waals surface area contributed by atoms with E-state index in [1.807, 2.05) is 6.92 Å². The number of anilines is 1. The Morgan fingerprint density at radius 2 is 2.05 bits per heavy atom. The molecule has 1 aromatic rings. The van der Waals surface area contributed by atoms with Crippen molar-refractivity contribution in [3.05, 3.63) is 29.6 Å². The Morgan fingerprint density at radius 1 is 1.38 bits per heavy atom. The summed E-state index contributed by atoms with van der Waals surface area (Å²) in [5.41, 5.74) is 0.927. The van der Waals surface area contributed by atoms with Gasteiger partial charge in [0.25, 0.3) is 0 Å². The molecule has 0 heterocycles. The average molecular weight is 295 g/mol. The fourth-order valence-electron chi connectivity index (χ4n) is 1.73. The molecule has 0 saturated carbocycles. The molecule has 21 heavy (non-hydrogen) atoms. The Bertz CT molecular complexity index is 520. The Labute approximate surface area is 124 Å². The summed E-state index contributed by atoms with van der Waals surface area (Å²) >= 11 is 0. The third kappa shape index (κ3) is 5.15. The Hall–Kier alpha value is -1.95. The zero-order chi connectivity index (χ0) is 16.0. The third-order valence-electron chi connectivity index (χ3n) is 3.25. The lowest BCUT2D eigenvalue weighted by Gasteiger charge is -2.23. The van der Waals surface area contributed by atoms with Crippen LogP contribution in [0.4, 0.5) is 10.1 Å².